The fourth-order valence-electron chi connectivity index (χ4n) is 0.458. The summed E-state index contributed by atoms with van der Waals surface area (Å²) in [4.78, 5) is 0. The Kier molecular flexibility index (Phi) is 3.21. The van der Waals surface area contributed by atoms with E-state index in [1.807, 2.05) is 0 Å². The summed E-state index contributed by atoms with van der Waals surface area (Å²) in [7, 11) is 0. The van der Waals surface area contributed by atoms with E-state index < -0.39 is 31.0 Å². The van der Waals surface area contributed by atoms with Gasteiger partial charge in [-0.15, -0.1) is 0 Å². The molecule has 0 unspecified atom stereocenters. The maximum absolute atomic E-state index is 12.0. The van der Waals surface area contributed by atoms with Crippen molar-refractivity contribution in [3.63, 3.8) is 0 Å². The lowest BCUT2D eigenvalue weighted by Gasteiger charge is -2.21. The van der Waals surface area contributed by atoms with Gasteiger partial charge in [0, 0.05) is 12.8 Å². The number of hydrogen-bond acceptors (Lipinski definition) is 2. The predicted molar refractivity (Wildman–Crippen MR) is 28.5 cm³/mol. The molecule has 0 spiro atoms. The maximum Gasteiger partial charge on any atom is 0.416 e. The summed E-state index contributed by atoms with van der Waals surface area (Å²) in [5.41, 5.74) is 0. The number of hydrogen-bond donors (Lipinski definition) is 2. The smallest absolute Gasteiger partial charge is 0.336 e. The lowest BCUT2D eigenvalue weighted by molar-refractivity contribution is -0.333. The molecular weight excluding hydrogens is 206 g/mol. The van der Waals surface area contributed by atoms with Crippen molar-refractivity contribution in [2.24, 2.45) is 0 Å². The second-order valence-corrected chi connectivity index (χ2v) is 2.41. The molecule has 0 aliphatic rings. The average molecular weight is 212 g/mol. The third kappa shape index (κ3) is 4.32. The first-order valence-electron chi connectivity index (χ1n) is 3.04. The van der Waals surface area contributed by atoms with Crippen molar-refractivity contribution in [1.82, 2.24) is 0 Å². The van der Waals surface area contributed by atoms with Gasteiger partial charge in [0.15, 0.2) is 0 Å². The first-order valence-corrected chi connectivity index (χ1v) is 3.04. The maximum atomic E-state index is 12.0. The lowest BCUT2D eigenvalue weighted by atomic mass is 10.1. The Morgan fingerprint density at radius 2 is 1.15 bits per heavy atom. The molecule has 8 heteroatoms. The van der Waals surface area contributed by atoms with E-state index in [1.54, 1.807) is 0 Å². The molecule has 0 aromatic heterocycles. The van der Waals surface area contributed by atoms with Crippen LogP contribution in [-0.4, -0.2) is 28.4 Å². The van der Waals surface area contributed by atoms with Gasteiger partial charge in [0.1, 0.15) is 0 Å². The van der Waals surface area contributed by atoms with Gasteiger partial charge in [-0.25, -0.2) is 0 Å². The first kappa shape index (κ1) is 12.5. The van der Waals surface area contributed by atoms with Gasteiger partial charge >= 0.3 is 18.1 Å². The van der Waals surface area contributed by atoms with Crippen molar-refractivity contribution in [2.45, 2.75) is 31.0 Å². The molecule has 0 fully saturated rings. The van der Waals surface area contributed by atoms with E-state index in [-0.39, 0.29) is 0 Å². The Morgan fingerprint density at radius 1 is 0.769 bits per heavy atom. The van der Waals surface area contributed by atoms with Crippen LogP contribution in [-0.2, 0) is 0 Å². The quantitative estimate of drug-likeness (QED) is 0.694. The molecule has 0 saturated carbocycles. The van der Waals surface area contributed by atoms with Gasteiger partial charge in [-0.1, -0.05) is 0 Å². The largest absolute Gasteiger partial charge is 0.416 e. The van der Waals surface area contributed by atoms with Crippen LogP contribution in [0.2, 0.25) is 0 Å². The summed E-state index contributed by atoms with van der Waals surface area (Å²) in [6, 6.07) is 0. The molecule has 13 heavy (non-hydrogen) atoms. The van der Waals surface area contributed by atoms with Crippen LogP contribution in [0.4, 0.5) is 26.3 Å². The van der Waals surface area contributed by atoms with Crippen LogP contribution in [0.25, 0.3) is 0 Å². The van der Waals surface area contributed by atoms with Gasteiger partial charge in [-0.05, 0) is 0 Å². The fraction of sp³-hybridized carbons (Fsp3) is 1.00. The average Bonchev–Trinajstić information content (AvgIpc) is 1.79. The molecule has 0 aliphatic carbocycles. The van der Waals surface area contributed by atoms with E-state index in [0.717, 1.165) is 0 Å². The molecule has 0 bridgehead atoms. The molecule has 0 rings (SSSR count). The number of halogens is 6. The summed E-state index contributed by atoms with van der Waals surface area (Å²) < 4.78 is 70.2. The Balaban J connectivity index is 4.21. The Labute approximate surface area is 68.8 Å². The van der Waals surface area contributed by atoms with Crippen LogP contribution in [0, 0.1) is 0 Å². The molecule has 2 nitrogen and oxygen atoms in total. The molecule has 0 aliphatic heterocycles. The van der Waals surface area contributed by atoms with E-state index >= 15 is 0 Å². The van der Waals surface area contributed by atoms with E-state index in [2.05, 4.69) is 0 Å². The van der Waals surface area contributed by atoms with E-state index in [1.165, 1.54) is 0 Å². The number of rotatable bonds is 4. The van der Waals surface area contributed by atoms with E-state index in [9.17, 15) is 26.3 Å². The molecule has 0 aromatic rings. The van der Waals surface area contributed by atoms with Crippen LogP contribution < -0.4 is 0 Å². The molecule has 0 amide bonds. The zero-order chi connectivity index (χ0) is 10.9. The molecular formula is C5H6F6O2. The first-order chi connectivity index (χ1) is 5.46. The molecule has 80 valence electrons. The zero-order valence-electron chi connectivity index (χ0n) is 6.08. The summed E-state index contributed by atoms with van der Waals surface area (Å²) in [6.45, 7) is 0. The number of aliphatic hydroxyl groups is 2. The minimum Gasteiger partial charge on any atom is -0.336 e. The molecule has 0 saturated heterocycles. The predicted octanol–water partition coefficient (Wildman–Crippen LogP) is 1.57. The lowest BCUT2D eigenvalue weighted by Crippen LogP contribution is -2.41. The Bertz CT molecular complexity index is 169. The van der Waals surface area contributed by atoms with Crippen molar-refractivity contribution in [1.29, 1.82) is 0 Å². The zero-order valence-corrected chi connectivity index (χ0v) is 6.08. The van der Waals surface area contributed by atoms with Crippen molar-refractivity contribution >= 4 is 0 Å². The topological polar surface area (TPSA) is 40.5 Å². The normalized spacial score (nSPS) is 14.8. The third-order valence-corrected chi connectivity index (χ3v) is 1.18. The van der Waals surface area contributed by atoms with Gasteiger partial charge in [-0.2, -0.15) is 26.3 Å². The van der Waals surface area contributed by atoms with Gasteiger partial charge in [0.2, 0.25) is 0 Å². The van der Waals surface area contributed by atoms with E-state index in [0.29, 0.717) is 0 Å². The highest BCUT2D eigenvalue weighted by Crippen LogP contribution is 2.37. The monoisotopic (exact) mass is 212 g/mol. The third-order valence-electron chi connectivity index (χ3n) is 1.18. The van der Waals surface area contributed by atoms with Gasteiger partial charge < -0.3 is 10.2 Å². The number of alkyl halides is 6. The second-order valence-electron chi connectivity index (χ2n) is 2.41. The Hall–Kier alpha value is -0.500. The molecule has 0 atom stereocenters. The summed E-state index contributed by atoms with van der Waals surface area (Å²) in [6.07, 6.45) is -13.7. The second kappa shape index (κ2) is 3.33. The van der Waals surface area contributed by atoms with Crippen LogP contribution in [0.5, 0.6) is 0 Å². The van der Waals surface area contributed by atoms with Crippen LogP contribution in [0.15, 0.2) is 0 Å². The van der Waals surface area contributed by atoms with Crippen LogP contribution in [0.1, 0.15) is 12.8 Å². The summed E-state index contributed by atoms with van der Waals surface area (Å²) >= 11 is 0. The van der Waals surface area contributed by atoms with Crippen molar-refractivity contribution in [2.75, 3.05) is 0 Å². The van der Waals surface area contributed by atoms with Gasteiger partial charge in [-0.3, -0.25) is 0 Å². The van der Waals surface area contributed by atoms with Gasteiger partial charge in [0.05, 0.1) is 0 Å². The standard InChI is InChI=1S/C5H6F6O2/c6-3(7,5(10,11)13)1-2-4(8,9)12/h12-13H,1-2H2. The highest BCUT2D eigenvalue weighted by atomic mass is 19.3. The van der Waals surface area contributed by atoms with Crippen molar-refractivity contribution < 1.29 is 36.6 Å². The molecule has 0 heterocycles. The van der Waals surface area contributed by atoms with Crippen LogP contribution >= 0.6 is 0 Å². The Morgan fingerprint density at radius 3 is 1.38 bits per heavy atom. The molecule has 0 radical (unpaired) electrons. The SMILES string of the molecule is OC(F)(F)CCC(F)(F)C(O)(F)F. The van der Waals surface area contributed by atoms with E-state index in [4.69, 9.17) is 10.2 Å². The van der Waals surface area contributed by atoms with Crippen molar-refractivity contribution in [3.05, 3.63) is 0 Å². The van der Waals surface area contributed by atoms with Crippen molar-refractivity contribution in [3.8, 4) is 0 Å². The summed E-state index contributed by atoms with van der Waals surface area (Å²) in [5.74, 6) is -4.97. The fourth-order valence-corrected chi connectivity index (χ4v) is 0.458. The highest BCUT2D eigenvalue weighted by molar-refractivity contribution is 4.76. The highest BCUT2D eigenvalue weighted by Gasteiger charge is 2.55. The summed E-state index contributed by atoms with van der Waals surface area (Å²) in [5, 5.41) is 15.2. The minimum absolute atomic E-state index is 1.85. The van der Waals surface area contributed by atoms with Gasteiger partial charge in [0.25, 0.3) is 0 Å². The van der Waals surface area contributed by atoms with Crippen LogP contribution in [0.3, 0.4) is 0 Å². The molecule has 2 N–H and O–H groups in total. The minimum atomic E-state index is -5.36. The molecule has 0 aromatic carbocycles.